The second-order valence-electron chi connectivity index (χ2n) is 16.1. The number of aliphatic carboxylic acids is 1. The van der Waals surface area contributed by atoms with E-state index in [9.17, 15) is 64.1 Å². The molecule has 3 rings (SSSR count). The smallest absolute Gasteiger partial charge is 0.326 e. The van der Waals surface area contributed by atoms with Gasteiger partial charge in [-0.3, -0.25) is 38.9 Å². The van der Waals surface area contributed by atoms with Crippen molar-refractivity contribution >= 4 is 47.1 Å². The topological polar surface area (TPSA) is 298 Å². The van der Waals surface area contributed by atoms with Crippen LogP contribution in [-0.4, -0.2) is 128 Å². The van der Waals surface area contributed by atoms with Crippen molar-refractivity contribution in [2.24, 2.45) is 5.92 Å². The van der Waals surface area contributed by atoms with Gasteiger partial charge in [0.1, 0.15) is 36.0 Å². The Morgan fingerprint density at radius 2 is 1.56 bits per heavy atom. The molecule has 63 heavy (non-hydrogen) atoms. The number of aliphatic hydroxyl groups is 1. The fraction of sp³-hybridized carbons (Fsp3) is 0.558. The molecular weight excluding hydrogens is 823 g/mol. The first-order valence-electron chi connectivity index (χ1n) is 21.1. The van der Waals surface area contributed by atoms with E-state index < -0.39 is 107 Å². The molecule has 0 radical (unpaired) electrons. The molecule has 0 spiro atoms. The molecule has 346 valence electrons. The van der Waals surface area contributed by atoms with E-state index in [1.54, 1.807) is 0 Å². The van der Waals surface area contributed by atoms with Crippen molar-refractivity contribution in [3.63, 3.8) is 0 Å². The van der Waals surface area contributed by atoms with Crippen LogP contribution in [-0.2, 0) is 40.0 Å². The molecule has 0 aliphatic carbocycles. The van der Waals surface area contributed by atoms with Crippen molar-refractivity contribution in [1.82, 2.24) is 31.1 Å². The van der Waals surface area contributed by atoms with Gasteiger partial charge >= 0.3 is 11.7 Å². The zero-order valence-corrected chi connectivity index (χ0v) is 36.6. The van der Waals surface area contributed by atoms with Crippen molar-refractivity contribution in [2.45, 2.75) is 122 Å². The van der Waals surface area contributed by atoms with Crippen LogP contribution in [0.25, 0.3) is 11.1 Å². The Morgan fingerprint density at radius 1 is 0.905 bits per heavy atom. The Morgan fingerprint density at radius 3 is 2.17 bits per heavy atom. The van der Waals surface area contributed by atoms with Gasteiger partial charge in [-0.2, -0.15) is 0 Å². The van der Waals surface area contributed by atoms with Gasteiger partial charge in [-0.1, -0.05) is 64.9 Å². The van der Waals surface area contributed by atoms with Crippen LogP contribution < -0.4 is 21.3 Å². The van der Waals surface area contributed by atoms with E-state index in [2.05, 4.69) is 35.1 Å². The van der Waals surface area contributed by atoms with Crippen LogP contribution >= 0.6 is 0 Å². The number of hydrogen-bond acceptors (Lipinski definition) is 12. The van der Waals surface area contributed by atoms with Gasteiger partial charge in [-0.15, -0.1) is 0 Å². The molecule has 0 aromatic heterocycles. The number of carbonyl (C=O) groups is 7. The van der Waals surface area contributed by atoms with Gasteiger partial charge in [-0.25, -0.2) is 4.79 Å². The number of aromatic hydroxyl groups is 2. The van der Waals surface area contributed by atoms with E-state index in [0.29, 0.717) is 6.42 Å². The summed E-state index contributed by atoms with van der Waals surface area (Å²) in [5.74, 6) is -6.97. The summed E-state index contributed by atoms with van der Waals surface area (Å²) in [7, 11) is 2.58. The van der Waals surface area contributed by atoms with E-state index in [-0.39, 0.29) is 34.6 Å². The number of nitrogens with one attached hydrogen (secondary N) is 4. The third-order valence-electron chi connectivity index (χ3n) is 11.3. The number of carboxylic acids is 1. The Hall–Kier alpha value is -6.31. The maximum Gasteiger partial charge on any atom is 0.326 e. The number of rotatable bonds is 20. The molecule has 3 unspecified atom stereocenters. The molecule has 2 aromatic rings. The van der Waals surface area contributed by atoms with Crippen LogP contribution in [0.4, 0.5) is 5.69 Å². The molecule has 1 aliphatic heterocycles. The fourth-order valence-corrected chi connectivity index (χ4v) is 7.09. The number of nitrogens with zero attached hydrogens (tertiary/aromatic N) is 3. The summed E-state index contributed by atoms with van der Waals surface area (Å²) in [6.45, 7) is 5.56. The van der Waals surface area contributed by atoms with Gasteiger partial charge in [0.05, 0.1) is 18.1 Å². The average Bonchev–Trinajstić information content (AvgIpc) is 3.23. The highest BCUT2D eigenvalue weighted by Crippen LogP contribution is 2.43. The molecule has 6 amide bonds. The van der Waals surface area contributed by atoms with Crippen LogP contribution in [0.5, 0.6) is 11.5 Å². The lowest BCUT2D eigenvalue weighted by Gasteiger charge is -2.30. The largest absolute Gasteiger partial charge is 0.507 e. The van der Waals surface area contributed by atoms with Crippen molar-refractivity contribution in [1.29, 1.82) is 0 Å². The molecule has 8 N–H and O–H groups in total. The summed E-state index contributed by atoms with van der Waals surface area (Å²) in [6, 6.07) is -1.52. The number of amides is 6. The highest BCUT2D eigenvalue weighted by molar-refractivity contribution is 5.96. The lowest BCUT2D eigenvalue weighted by molar-refractivity contribution is -0.385. The van der Waals surface area contributed by atoms with Gasteiger partial charge < -0.3 is 51.5 Å². The summed E-state index contributed by atoms with van der Waals surface area (Å²) in [5, 5.41) is 63.2. The Kier molecular flexibility index (Phi) is 19.3. The van der Waals surface area contributed by atoms with Crippen molar-refractivity contribution in [3.05, 3.63) is 51.6 Å². The van der Waals surface area contributed by atoms with Gasteiger partial charge in [-0.05, 0) is 55.5 Å². The van der Waals surface area contributed by atoms with Gasteiger partial charge in [0.2, 0.25) is 41.2 Å². The van der Waals surface area contributed by atoms with E-state index in [1.165, 1.54) is 65.4 Å². The van der Waals surface area contributed by atoms with Crippen LogP contribution in [0.15, 0.2) is 30.3 Å². The normalized spacial score (nSPS) is 17.7. The third-order valence-corrected chi connectivity index (χ3v) is 11.3. The highest BCUT2D eigenvalue weighted by atomic mass is 16.6. The minimum Gasteiger partial charge on any atom is -0.507 e. The first-order chi connectivity index (χ1) is 29.7. The number of likely N-dealkylation sites (N-methyl/N-ethyl adjacent to an activating group) is 2. The van der Waals surface area contributed by atoms with E-state index in [1.807, 2.05) is 0 Å². The summed E-state index contributed by atoms with van der Waals surface area (Å²) in [6.07, 6.45) is 7.92. The number of phenolic OH excluding ortho intramolecular Hbond substituents is 2. The minimum atomic E-state index is -1.65. The van der Waals surface area contributed by atoms with Gasteiger partial charge in [0.15, 0.2) is 0 Å². The fourth-order valence-electron chi connectivity index (χ4n) is 7.09. The number of nitro benzene ring substituents is 1. The summed E-state index contributed by atoms with van der Waals surface area (Å²) >= 11 is 0. The van der Waals surface area contributed by atoms with Crippen molar-refractivity contribution < 1.29 is 58.9 Å². The summed E-state index contributed by atoms with van der Waals surface area (Å²) < 4.78 is 0. The third kappa shape index (κ3) is 14.1. The average molecular weight is 884 g/mol. The lowest BCUT2D eigenvalue weighted by Crippen LogP contribution is -2.55. The molecule has 2 aromatic carbocycles. The maximum atomic E-state index is 13.9. The predicted octanol–water partition coefficient (Wildman–Crippen LogP) is 2.41. The number of benzene rings is 2. The van der Waals surface area contributed by atoms with Crippen molar-refractivity contribution in [2.75, 3.05) is 27.2 Å². The highest BCUT2D eigenvalue weighted by Gasteiger charge is 2.35. The Balaban J connectivity index is 1.75. The summed E-state index contributed by atoms with van der Waals surface area (Å²) in [4.78, 5) is 105. The molecule has 0 saturated heterocycles. The molecule has 20 heteroatoms. The van der Waals surface area contributed by atoms with Gasteiger partial charge in [0, 0.05) is 44.1 Å². The summed E-state index contributed by atoms with van der Waals surface area (Å²) in [5.41, 5.74) is -1.39. The molecule has 20 nitrogen and oxygen atoms in total. The second kappa shape index (κ2) is 23.8. The van der Waals surface area contributed by atoms with Crippen LogP contribution in [0.3, 0.4) is 0 Å². The minimum absolute atomic E-state index is 0.00252. The molecule has 1 heterocycles. The maximum absolute atomic E-state index is 13.9. The molecule has 6 atom stereocenters. The quantitative estimate of drug-likeness (QED) is 0.0539. The molecule has 1 aliphatic rings. The van der Waals surface area contributed by atoms with E-state index in [4.69, 9.17) is 0 Å². The zero-order valence-electron chi connectivity index (χ0n) is 36.6. The standard InChI is InChI=1S/C43H61N7O13/c1-7-24(2)14-12-10-8-9-11-13-15-35(53)48(5)33(23-51)41(58)45-25(3)39(56)44-22-36(54)49(6)37-28-16-17-34(52)29(21-28)30-18-27(20-32(38(30)55)50(62)63)19-31(43(60)61)47-40(57)26(4)46-42(37)59/h16-18,20-21,24-26,31,33,37,51-52,55H,7-15,19,22-23H2,1-6H3,(H,44,56)(H,45,58)(H,46,59)(H,47,57)(H,60,61)/t24?,25-,26+,31?,33-,37?/m1/s1. The molecule has 0 fully saturated rings. The number of phenols is 2. The predicted molar refractivity (Wildman–Crippen MR) is 229 cm³/mol. The van der Waals surface area contributed by atoms with Crippen LogP contribution in [0.1, 0.15) is 103 Å². The zero-order chi connectivity index (χ0) is 47.1. The number of nitro groups is 1. The molecule has 0 saturated carbocycles. The Labute approximate surface area is 365 Å². The Bertz CT molecular complexity index is 2010. The SMILES string of the molecule is CCC(C)CCCCCCCCC(=O)N(C)[C@H](CO)C(=O)N[C@H](C)C(=O)NCC(=O)N(C)C1C(=O)N[C@@H](C)C(=O)NC(C(=O)O)Cc2cc(c(O)c([N+](=O)[O-])c2)-c2cc1ccc2O. The number of carboxylic acid groups (broad SMARTS) is 1. The van der Waals surface area contributed by atoms with E-state index >= 15 is 0 Å². The molecule has 4 bridgehead atoms. The van der Waals surface area contributed by atoms with Crippen LogP contribution in [0, 0.1) is 16.0 Å². The number of carbonyl (C=O) groups excluding carboxylic acids is 6. The second-order valence-corrected chi connectivity index (χ2v) is 16.1. The number of fused-ring (bicyclic) bond motifs is 5. The van der Waals surface area contributed by atoms with Crippen LogP contribution in [0.2, 0.25) is 0 Å². The monoisotopic (exact) mass is 883 g/mol. The number of hydrogen-bond donors (Lipinski definition) is 8. The van der Waals surface area contributed by atoms with Gasteiger partial charge in [0.25, 0.3) is 0 Å². The first-order valence-corrected chi connectivity index (χ1v) is 21.1. The van der Waals surface area contributed by atoms with Crippen molar-refractivity contribution in [3.8, 4) is 22.6 Å². The van der Waals surface area contributed by atoms with E-state index in [0.717, 1.165) is 53.5 Å². The molecular formula is C43H61N7O13. The number of unbranched alkanes of at least 4 members (excludes halogenated alkanes) is 5. The first kappa shape index (κ1) is 51.0. The number of aliphatic hydroxyl groups excluding tert-OH is 1. The lowest BCUT2D eigenvalue weighted by atomic mass is 9.93.